The zero-order valence-corrected chi connectivity index (χ0v) is 7.84. The maximum absolute atomic E-state index is 12.6. The number of nitrogens with zero attached hydrogens (tertiary/aromatic N) is 2. The molecule has 1 aliphatic heterocycles. The first-order valence-electron chi connectivity index (χ1n) is 4.80. The summed E-state index contributed by atoms with van der Waals surface area (Å²) in [5.74, 6) is -0.111. The number of halogens is 2. The lowest BCUT2D eigenvalue weighted by atomic mass is 10.1. The number of alkyl halides is 2. The average Bonchev–Trinajstić information content (AvgIpc) is 2.56. The lowest BCUT2D eigenvalue weighted by molar-refractivity contribution is 0.134. The van der Waals surface area contributed by atoms with Gasteiger partial charge in [-0.15, -0.1) is 0 Å². The summed E-state index contributed by atoms with van der Waals surface area (Å²) in [6, 6.07) is 0. The van der Waals surface area contributed by atoms with Crippen LogP contribution in [0.1, 0.15) is 36.5 Å². The van der Waals surface area contributed by atoms with Gasteiger partial charge in [-0.05, 0) is 19.3 Å². The van der Waals surface area contributed by atoms with Crippen LogP contribution < -0.4 is 5.73 Å². The Balaban J connectivity index is 2.46. The number of nitrogens with two attached hydrogens (primary N) is 1. The molecular weight excluding hydrogens is 188 g/mol. The number of aromatic nitrogens is 2. The molecule has 0 atom stereocenters. The summed E-state index contributed by atoms with van der Waals surface area (Å²) in [7, 11) is 0. The zero-order chi connectivity index (χ0) is 10.1. The molecule has 0 saturated heterocycles. The summed E-state index contributed by atoms with van der Waals surface area (Å²) in [4.78, 5) is 3.90. The molecule has 2 N–H and O–H groups in total. The minimum absolute atomic E-state index is 0.111. The van der Waals surface area contributed by atoms with Crippen molar-refractivity contribution in [3.63, 3.8) is 0 Å². The van der Waals surface area contributed by atoms with Gasteiger partial charge < -0.3 is 10.3 Å². The Labute approximate surface area is 80.9 Å². The minimum atomic E-state index is -2.49. The third-order valence-corrected chi connectivity index (χ3v) is 2.62. The quantitative estimate of drug-likeness (QED) is 0.790. The Kier molecular flexibility index (Phi) is 2.50. The van der Waals surface area contributed by atoms with E-state index in [4.69, 9.17) is 5.73 Å². The van der Waals surface area contributed by atoms with Gasteiger partial charge in [0.05, 0.1) is 5.69 Å². The number of rotatable bonds is 2. The van der Waals surface area contributed by atoms with Crippen LogP contribution in [0.2, 0.25) is 0 Å². The second-order valence-corrected chi connectivity index (χ2v) is 3.48. The second-order valence-electron chi connectivity index (χ2n) is 3.48. The molecule has 3 nitrogen and oxygen atoms in total. The van der Waals surface area contributed by atoms with Gasteiger partial charge in [0.15, 0.2) is 5.82 Å². The lowest BCUT2D eigenvalue weighted by Crippen LogP contribution is -2.14. The second kappa shape index (κ2) is 3.65. The van der Waals surface area contributed by atoms with Gasteiger partial charge in [-0.2, -0.15) is 0 Å². The van der Waals surface area contributed by atoms with Crippen LogP contribution in [0.3, 0.4) is 0 Å². The van der Waals surface area contributed by atoms with Crippen LogP contribution in [0.4, 0.5) is 8.78 Å². The summed E-state index contributed by atoms with van der Waals surface area (Å²) in [6.07, 6.45) is 0.327. The Hall–Kier alpha value is -0.970. The average molecular weight is 201 g/mol. The highest BCUT2D eigenvalue weighted by Gasteiger charge is 2.23. The molecule has 0 fully saturated rings. The Morgan fingerprint density at radius 2 is 2.21 bits per heavy atom. The zero-order valence-electron chi connectivity index (χ0n) is 7.84. The monoisotopic (exact) mass is 201 g/mol. The molecular formula is C9H13F2N3. The van der Waals surface area contributed by atoms with E-state index in [-0.39, 0.29) is 12.4 Å². The van der Waals surface area contributed by atoms with Crippen LogP contribution in [0.15, 0.2) is 0 Å². The van der Waals surface area contributed by atoms with Crippen LogP contribution in [0.5, 0.6) is 0 Å². The molecule has 0 amide bonds. The van der Waals surface area contributed by atoms with Gasteiger partial charge in [0.25, 0.3) is 6.43 Å². The van der Waals surface area contributed by atoms with E-state index >= 15 is 0 Å². The van der Waals surface area contributed by atoms with E-state index in [1.165, 1.54) is 0 Å². The van der Waals surface area contributed by atoms with Gasteiger partial charge in [0.1, 0.15) is 0 Å². The van der Waals surface area contributed by atoms with Crippen molar-refractivity contribution in [1.82, 2.24) is 9.55 Å². The minimum Gasteiger partial charge on any atom is -0.327 e. The van der Waals surface area contributed by atoms with E-state index in [0.717, 1.165) is 25.0 Å². The lowest BCUT2D eigenvalue weighted by Gasteiger charge is -2.16. The van der Waals surface area contributed by atoms with Crippen LogP contribution >= 0.6 is 0 Å². The van der Waals surface area contributed by atoms with E-state index in [2.05, 4.69) is 4.98 Å². The smallest absolute Gasteiger partial charge is 0.295 e. The third kappa shape index (κ3) is 1.41. The van der Waals surface area contributed by atoms with Gasteiger partial charge >= 0.3 is 0 Å². The largest absolute Gasteiger partial charge is 0.327 e. The molecule has 1 aromatic rings. The van der Waals surface area contributed by atoms with Crippen molar-refractivity contribution in [2.75, 3.05) is 0 Å². The normalized spacial score (nSPS) is 16.0. The highest BCUT2D eigenvalue weighted by Crippen LogP contribution is 2.26. The van der Waals surface area contributed by atoms with Gasteiger partial charge in [-0.1, -0.05) is 0 Å². The van der Waals surface area contributed by atoms with Crippen LogP contribution in [-0.4, -0.2) is 9.55 Å². The van der Waals surface area contributed by atoms with Crippen LogP contribution in [0.25, 0.3) is 0 Å². The van der Waals surface area contributed by atoms with Crippen LogP contribution in [-0.2, 0) is 19.5 Å². The van der Waals surface area contributed by atoms with Gasteiger partial charge in [0.2, 0.25) is 0 Å². The molecule has 0 spiro atoms. The molecule has 0 saturated carbocycles. The molecule has 0 bridgehead atoms. The van der Waals surface area contributed by atoms with E-state index in [1.807, 2.05) is 0 Å². The van der Waals surface area contributed by atoms with E-state index in [0.29, 0.717) is 12.2 Å². The molecule has 78 valence electrons. The molecule has 14 heavy (non-hydrogen) atoms. The fourth-order valence-corrected chi connectivity index (χ4v) is 1.98. The maximum atomic E-state index is 12.6. The van der Waals surface area contributed by atoms with Crippen molar-refractivity contribution in [2.24, 2.45) is 5.73 Å². The molecule has 2 rings (SSSR count). The highest BCUT2D eigenvalue weighted by molar-refractivity contribution is 5.19. The molecule has 0 aromatic carbocycles. The third-order valence-electron chi connectivity index (χ3n) is 2.62. The standard InChI is InChI=1S/C9H13F2N3/c10-8(11)9-13-6(5-12)7-3-1-2-4-14(7)9/h8H,1-5,12H2. The van der Waals surface area contributed by atoms with Crippen molar-refractivity contribution in [2.45, 2.75) is 38.8 Å². The summed E-state index contributed by atoms with van der Waals surface area (Å²) in [5.41, 5.74) is 7.02. The first-order valence-corrected chi connectivity index (χ1v) is 4.80. The number of fused-ring (bicyclic) bond motifs is 1. The number of hydrogen-bond acceptors (Lipinski definition) is 2. The van der Waals surface area contributed by atoms with Crippen LogP contribution in [0, 0.1) is 0 Å². The predicted octanol–water partition coefficient (Wildman–Crippen LogP) is 1.62. The Morgan fingerprint density at radius 1 is 1.43 bits per heavy atom. The molecule has 0 radical (unpaired) electrons. The highest BCUT2D eigenvalue weighted by atomic mass is 19.3. The summed E-state index contributed by atoms with van der Waals surface area (Å²) in [5, 5.41) is 0. The Morgan fingerprint density at radius 3 is 2.86 bits per heavy atom. The summed E-state index contributed by atoms with van der Waals surface area (Å²) >= 11 is 0. The first kappa shape index (κ1) is 9.58. The fourth-order valence-electron chi connectivity index (χ4n) is 1.98. The van der Waals surface area contributed by atoms with Crippen molar-refractivity contribution in [1.29, 1.82) is 0 Å². The molecule has 0 unspecified atom stereocenters. The molecule has 2 heterocycles. The molecule has 1 aliphatic rings. The predicted molar refractivity (Wildman–Crippen MR) is 48.0 cm³/mol. The Bertz CT molecular complexity index is 333. The van der Waals surface area contributed by atoms with E-state index in [9.17, 15) is 8.78 Å². The van der Waals surface area contributed by atoms with Gasteiger partial charge in [-0.3, -0.25) is 0 Å². The first-order chi connectivity index (χ1) is 6.74. The summed E-state index contributed by atoms with van der Waals surface area (Å²) in [6.45, 7) is 0.907. The fraction of sp³-hybridized carbons (Fsp3) is 0.667. The van der Waals surface area contributed by atoms with E-state index in [1.54, 1.807) is 4.57 Å². The maximum Gasteiger partial charge on any atom is 0.295 e. The SMILES string of the molecule is NCc1nc(C(F)F)n2c1CCCC2. The van der Waals surface area contributed by atoms with Crippen molar-refractivity contribution in [3.05, 3.63) is 17.2 Å². The molecule has 5 heteroatoms. The summed E-state index contributed by atoms with van der Waals surface area (Å²) < 4.78 is 26.8. The number of hydrogen-bond donors (Lipinski definition) is 1. The molecule has 0 aliphatic carbocycles. The topological polar surface area (TPSA) is 43.8 Å². The van der Waals surface area contributed by atoms with Crippen molar-refractivity contribution in [3.8, 4) is 0 Å². The van der Waals surface area contributed by atoms with Gasteiger partial charge in [0, 0.05) is 18.8 Å². The van der Waals surface area contributed by atoms with Gasteiger partial charge in [-0.25, -0.2) is 13.8 Å². The van der Waals surface area contributed by atoms with Crippen molar-refractivity contribution < 1.29 is 8.78 Å². The van der Waals surface area contributed by atoms with Crippen molar-refractivity contribution >= 4 is 0 Å². The molecule has 1 aromatic heterocycles. The number of imidazole rings is 1. The van der Waals surface area contributed by atoms with E-state index < -0.39 is 6.43 Å².